The highest BCUT2D eigenvalue weighted by Gasteiger charge is 2.24. The molecule has 29 heavy (non-hydrogen) atoms. The van der Waals surface area contributed by atoms with Gasteiger partial charge in [-0.25, -0.2) is 0 Å². The number of carbonyl (C=O) groups is 1. The molecule has 1 saturated carbocycles. The molecule has 0 spiro atoms. The zero-order valence-corrected chi connectivity index (χ0v) is 16.0. The quantitative estimate of drug-likeness (QED) is 0.670. The Labute approximate surface area is 167 Å². The fourth-order valence-electron chi connectivity index (χ4n) is 3.46. The summed E-state index contributed by atoms with van der Waals surface area (Å²) in [6.07, 6.45) is 6.21. The van der Waals surface area contributed by atoms with Crippen LogP contribution in [0.3, 0.4) is 0 Å². The van der Waals surface area contributed by atoms with Crippen molar-refractivity contribution in [1.29, 1.82) is 0 Å². The maximum atomic E-state index is 12.7. The predicted octanol–water partition coefficient (Wildman–Crippen LogP) is 3.61. The number of amides is 1. The van der Waals surface area contributed by atoms with Crippen molar-refractivity contribution in [1.82, 2.24) is 15.5 Å². The van der Waals surface area contributed by atoms with Crippen molar-refractivity contribution >= 4 is 29.0 Å². The molecule has 2 aromatic carbocycles. The van der Waals surface area contributed by atoms with Gasteiger partial charge in [0.25, 0.3) is 5.91 Å². The third-order valence-corrected chi connectivity index (χ3v) is 5.24. The van der Waals surface area contributed by atoms with Gasteiger partial charge in [-0.05, 0) is 54.7 Å². The molecule has 2 aliphatic rings. The number of rotatable bonds is 6. The fourth-order valence-corrected chi connectivity index (χ4v) is 3.46. The summed E-state index contributed by atoms with van der Waals surface area (Å²) in [6.45, 7) is 0.956. The summed E-state index contributed by atoms with van der Waals surface area (Å²) in [5.41, 5.74) is 2.99. The van der Waals surface area contributed by atoms with Gasteiger partial charge in [-0.15, -0.1) is 0 Å². The number of H-pyrrole nitrogens is 1. The zero-order chi connectivity index (χ0) is 19.8. The van der Waals surface area contributed by atoms with Gasteiger partial charge in [-0.2, -0.15) is 5.10 Å². The largest absolute Gasteiger partial charge is 0.495 e. The van der Waals surface area contributed by atoms with Gasteiger partial charge in [0.15, 0.2) is 11.5 Å². The number of hydrogen-bond acceptors (Lipinski definition) is 5. The van der Waals surface area contributed by atoms with Gasteiger partial charge in [0, 0.05) is 6.54 Å². The number of carbonyl (C=O) groups excluding carboxylic acids is 1. The molecular weight excluding hydrogens is 370 g/mol. The molecule has 5 rings (SSSR count). The van der Waals surface area contributed by atoms with Crippen LogP contribution in [0.15, 0.2) is 30.3 Å². The minimum absolute atomic E-state index is 0.123. The lowest BCUT2D eigenvalue weighted by Gasteiger charge is -2.10. The van der Waals surface area contributed by atoms with E-state index < -0.39 is 0 Å². The summed E-state index contributed by atoms with van der Waals surface area (Å²) < 4.78 is 16.4. The average Bonchev–Trinajstić information content (AvgIpc) is 3.30. The standard InChI is InChI=1S/C22H21N3O4/c1-27-21-15(22(26)23-11-14-2-3-14)6-8-17-20(21)16(24-25-17)7-4-13-5-9-18-19(10-13)29-12-28-18/h4-10,14H,2-3,11-12H2,1H3,(H,23,26)(H,24,25)/b7-4+. The third-order valence-electron chi connectivity index (χ3n) is 5.24. The molecule has 7 nitrogen and oxygen atoms in total. The van der Waals surface area contributed by atoms with Crippen LogP contribution in [0, 0.1) is 5.92 Å². The maximum absolute atomic E-state index is 12.7. The van der Waals surface area contributed by atoms with E-state index >= 15 is 0 Å². The number of fused-ring (bicyclic) bond motifs is 2. The number of ether oxygens (including phenoxy) is 3. The summed E-state index contributed by atoms with van der Waals surface area (Å²) in [6, 6.07) is 9.38. The van der Waals surface area contributed by atoms with E-state index in [2.05, 4.69) is 15.5 Å². The number of benzene rings is 2. The number of aromatic amines is 1. The van der Waals surface area contributed by atoms with Crippen molar-refractivity contribution in [3.8, 4) is 17.2 Å². The Balaban J connectivity index is 1.47. The van der Waals surface area contributed by atoms with Crippen LogP contribution in [-0.4, -0.2) is 36.6 Å². The van der Waals surface area contributed by atoms with Crippen molar-refractivity contribution < 1.29 is 19.0 Å². The lowest BCUT2D eigenvalue weighted by molar-refractivity contribution is 0.0949. The highest BCUT2D eigenvalue weighted by atomic mass is 16.7. The first-order valence-corrected chi connectivity index (χ1v) is 9.64. The van der Waals surface area contributed by atoms with E-state index in [0.717, 1.165) is 28.0 Å². The molecule has 7 heteroatoms. The van der Waals surface area contributed by atoms with Crippen molar-refractivity contribution in [3.05, 3.63) is 47.2 Å². The Morgan fingerprint density at radius 2 is 2.10 bits per heavy atom. The normalized spacial score (nSPS) is 15.2. The first-order chi connectivity index (χ1) is 14.2. The van der Waals surface area contributed by atoms with Crippen LogP contribution in [-0.2, 0) is 0 Å². The van der Waals surface area contributed by atoms with E-state index in [1.54, 1.807) is 13.2 Å². The lowest BCUT2D eigenvalue weighted by Crippen LogP contribution is -2.26. The van der Waals surface area contributed by atoms with Gasteiger partial charge < -0.3 is 19.5 Å². The van der Waals surface area contributed by atoms with Gasteiger partial charge in [0.1, 0.15) is 5.75 Å². The van der Waals surface area contributed by atoms with Gasteiger partial charge in [-0.1, -0.05) is 12.1 Å². The summed E-state index contributed by atoms with van der Waals surface area (Å²) >= 11 is 0. The maximum Gasteiger partial charge on any atom is 0.255 e. The molecule has 1 aliphatic heterocycles. The highest BCUT2D eigenvalue weighted by molar-refractivity contribution is 6.05. The first kappa shape index (κ1) is 17.6. The summed E-state index contributed by atoms with van der Waals surface area (Å²) in [7, 11) is 1.57. The molecule has 0 bridgehead atoms. The molecule has 2 heterocycles. The van der Waals surface area contributed by atoms with Gasteiger partial charge in [-0.3, -0.25) is 9.89 Å². The molecule has 1 aromatic heterocycles. The minimum Gasteiger partial charge on any atom is -0.495 e. The molecule has 0 unspecified atom stereocenters. The number of nitrogens with zero attached hydrogens (tertiary/aromatic N) is 1. The molecule has 1 fully saturated rings. The molecule has 1 amide bonds. The molecule has 0 atom stereocenters. The summed E-state index contributed by atoms with van der Waals surface area (Å²) in [5.74, 6) is 2.49. The molecular formula is C22H21N3O4. The van der Waals surface area contributed by atoms with Crippen molar-refractivity contribution in [2.24, 2.45) is 5.92 Å². The number of nitrogens with one attached hydrogen (secondary N) is 2. The number of methoxy groups -OCH3 is 1. The summed E-state index contributed by atoms with van der Waals surface area (Å²) in [4.78, 5) is 12.7. The van der Waals surface area contributed by atoms with Crippen LogP contribution in [0.1, 0.15) is 34.5 Å². The molecule has 2 N–H and O–H groups in total. The number of hydrogen-bond donors (Lipinski definition) is 2. The average molecular weight is 391 g/mol. The predicted molar refractivity (Wildman–Crippen MR) is 109 cm³/mol. The van der Waals surface area contributed by atoms with Crippen molar-refractivity contribution in [2.75, 3.05) is 20.4 Å². The first-order valence-electron chi connectivity index (χ1n) is 9.64. The van der Waals surface area contributed by atoms with Crippen LogP contribution >= 0.6 is 0 Å². The van der Waals surface area contributed by atoms with Crippen molar-refractivity contribution in [3.63, 3.8) is 0 Å². The van der Waals surface area contributed by atoms with Crippen LogP contribution in [0.5, 0.6) is 17.2 Å². The van der Waals surface area contributed by atoms with E-state index in [4.69, 9.17) is 14.2 Å². The second kappa shape index (κ2) is 7.16. The molecule has 1 aliphatic carbocycles. The van der Waals surface area contributed by atoms with E-state index in [1.165, 1.54) is 12.8 Å². The Morgan fingerprint density at radius 3 is 2.93 bits per heavy atom. The molecule has 3 aromatic rings. The van der Waals surface area contributed by atoms with Gasteiger partial charge in [0.05, 0.1) is 29.3 Å². The van der Waals surface area contributed by atoms with Crippen LogP contribution in [0.25, 0.3) is 23.1 Å². The monoisotopic (exact) mass is 391 g/mol. The second-order valence-corrected chi connectivity index (χ2v) is 7.28. The topological polar surface area (TPSA) is 85.5 Å². The smallest absolute Gasteiger partial charge is 0.255 e. The van der Waals surface area contributed by atoms with Crippen LogP contribution < -0.4 is 19.5 Å². The van der Waals surface area contributed by atoms with Crippen molar-refractivity contribution in [2.45, 2.75) is 12.8 Å². The fraction of sp³-hybridized carbons (Fsp3) is 0.273. The van der Waals surface area contributed by atoms with Gasteiger partial charge >= 0.3 is 0 Å². The Morgan fingerprint density at radius 1 is 1.24 bits per heavy atom. The van der Waals surface area contributed by atoms with Crippen LogP contribution in [0.4, 0.5) is 0 Å². The van der Waals surface area contributed by atoms with E-state index in [-0.39, 0.29) is 12.7 Å². The highest BCUT2D eigenvalue weighted by Crippen LogP contribution is 2.35. The number of aromatic nitrogens is 2. The summed E-state index contributed by atoms with van der Waals surface area (Å²) in [5, 5.41) is 11.2. The molecule has 0 saturated heterocycles. The third kappa shape index (κ3) is 3.40. The Hall–Kier alpha value is -3.48. The van der Waals surface area contributed by atoms with Gasteiger partial charge in [0.2, 0.25) is 6.79 Å². The molecule has 148 valence electrons. The SMILES string of the molecule is COc1c(C(=O)NCC2CC2)ccc2[nH]nc(/C=C/c3ccc4c(c3)OCO4)c12. The minimum atomic E-state index is -0.123. The zero-order valence-electron chi connectivity index (χ0n) is 16.0. The van der Waals surface area contributed by atoms with E-state index in [1.807, 2.05) is 36.4 Å². The van der Waals surface area contributed by atoms with E-state index in [0.29, 0.717) is 29.5 Å². The lowest BCUT2D eigenvalue weighted by atomic mass is 10.1. The second-order valence-electron chi connectivity index (χ2n) is 7.28. The van der Waals surface area contributed by atoms with E-state index in [9.17, 15) is 4.79 Å². The molecule has 0 radical (unpaired) electrons. The van der Waals surface area contributed by atoms with Crippen LogP contribution in [0.2, 0.25) is 0 Å². The Kier molecular flexibility index (Phi) is 4.35. The Bertz CT molecular complexity index is 1110.